The molecular formula is C30H46O5. The van der Waals surface area contributed by atoms with Gasteiger partial charge in [-0.25, -0.2) is 0 Å². The molecule has 5 nitrogen and oxygen atoms in total. The first-order chi connectivity index (χ1) is 16.6. The normalized spacial score (nSPS) is 42.6. The number of allylic oxidation sites excluding steroid dienone is 2. The smallest absolute Gasteiger partial charge is 0.305 e. The quantitative estimate of drug-likeness (QED) is 0.326. The van der Waals surface area contributed by atoms with Gasteiger partial charge in [0.1, 0.15) is 6.10 Å². The van der Waals surface area contributed by atoms with Gasteiger partial charge in [0.05, 0.1) is 7.11 Å². The number of carbonyl (C=O) groups is 3. The lowest BCUT2D eigenvalue weighted by Gasteiger charge is -2.61. The first-order valence-corrected chi connectivity index (χ1v) is 14.1. The third-order valence-corrected chi connectivity index (χ3v) is 11.1. The summed E-state index contributed by atoms with van der Waals surface area (Å²) in [5.74, 6) is 2.24. The van der Waals surface area contributed by atoms with Gasteiger partial charge in [-0.1, -0.05) is 33.8 Å². The largest absolute Gasteiger partial charge is 0.469 e. The van der Waals surface area contributed by atoms with E-state index >= 15 is 0 Å². The molecule has 0 aliphatic heterocycles. The van der Waals surface area contributed by atoms with Crippen LogP contribution in [0, 0.1) is 46.3 Å². The SMILES string of the molecule is C/C=C1\C(=O)C2C(CC[C@@]3(C)C2CCC3[C@H](C)CCC(=O)OC)[C@@]2(C)CC[C@@H](OC(=O)CC)CC12. The van der Waals surface area contributed by atoms with E-state index in [4.69, 9.17) is 9.47 Å². The first-order valence-electron chi connectivity index (χ1n) is 14.1. The van der Waals surface area contributed by atoms with Crippen molar-refractivity contribution in [2.75, 3.05) is 7.11 Å². The molecule has 0 bridgehead atoms. The molecule has 0 aromatic rings. The molecule has 4 fully saturated rings. The summed E-state index contributed by atoms with van der Waals surface area (Å²) in [7, 11) is 1.46. The number of ether oxygens (including phenoxy) is 2. The molecule has 0 amide bonds. The number of fused-ring (bicyclic) bond motifs is 5. The summed E-state index contributed by atoms with van der Waals surface area (Å²) in [6.45, 7) is 11.0. The molecule has 35 heavy (non-hydrogen) atoms. The molecule has 0 heterocycles. The van der Waals surface area contributed by atoms with Crippen LogP contribution in [0.2, 0.25) is 0 Å². The highest BCUT2D eigenvalue weighted by Crippen LogP contribution is 2.68. The Hall–Kier alpha value is -1.65. The molecule has 196 valence electrons. The minimum Gasteiger partial charge on any atom is -0.469 e. The molecule has 4 aliphatic rings. The zero-order valence-electron chi connectivity index (χ0n) is 22.7. The summed E-state index contributed by atoms with van der Waals surface area (Å²) in [6.07, 6.45) is 11.0. The molecule has 5 unspecified atom stereocenters. The maximum atomic E-state index is 14.2. The van der Waals surface area contributed by atoms with Crippen LogP contribution in [0.4, 0.5) is 0 Å². The summed E-state index contributed by atoms with van der Waals surface area (Å²) in [4.78, 5) is 37.9. The van der Waals surface area contributed by atoms with Crippen LogP contribution in [0.15, 0.2) is 11.6 Å². The third-order valence-electron chi connectivity index (χ3n) is 11.1. The van der Waals surface area contributed by atoms with Crippen molar-refractivity contribution in [3.63, 3.8) is 0 Å². The van der Waals surface area contributed by atoms with Gasteiger partial charge < -0.3 is 9.47 Å². The minimum absolute atomic E-state index is 0.0693. The Kier molecular flexibility index (Phi) is 7.56. The molecule has 0 N–H and O–H groups in total. The lowest BCUT2D eigenvalue weighted by molar-refractivity contribution is -0.161. The zero-order chi connectivity index (χ0) is 25.5. The number of esters is 2. The average molecular weight is 487 g/mol. The van der Waals surface area contributed by atoms with E-state index in [1.165, 1.54) is 13.5 Å². The Morgan fingerprint density at radius 1 is 1.06 bits per heavy atom. The minimum atomic E-state index is -0.132. The number of carbonyl (C=O) groups excluding carboxylic acids is 3. The maximum Gasteiger partial charge on any atom is 0.305 e. The number of rotatable bonds is 6. The molecule has 0 aromatic heterocycles. The number of methoxy groups -OCH3 is 1. The van der Waals surface area contributed by atoms with E-state index in [9.17, 15) is 14.4 Å². The van der Waals surface area contributed by atoms with Crippen LogP contribution in [0.1, 0.15) is 98.8 Å². The van der Waals surface area contributed by atoms with Crippen LogP contribution in [0.3, 0.4) is 0 Å². The van der Waals surface area contributed by atoms with Crippen molar-refractivity contribution < 1.29 is 23.9 Å². The highest BCUT2D eigenvalue weighted by atomic mass is 16.5. The molecule has 9 atom stereocenters. The fourth-order valence-corrected chi connectivity index (χ4v) is 9.18. The Morgan fingerprint density at radius 3 is 2.40 bits per heavy atom. The van der Waals surface area contributed by atoms with Gasteiger partial charge in [0.15, 0.2) is 5.78 Å². The van der Waals surface area contributed by atoms with Gasteiger partial charge in [0, 0.05) is 18.8 Å². The van der Waals surface area contributed by atoms with E-state index in [1.807, 2.05) is 13.8 Å². The Balaban J connectivity index is 1.57. The van der Waals surface area contributed by atoms with Crippen LogP contribution in [0.5, 0.6) is 0 Å². The van der Waals surface area contributed by atoms with Crippen LogP contribution < -0.4 is 0 Å². The summed E-state index contributed by atoms with van der Waals surface area (Å²) >= 11 is 0. The Morgan fingerprint density at radius 2 is 1.74 bits per heavy atom. The molecule has 0 radical (unpaired) electrons. The van der Waals surface area contributed by atoms with Crippen LogP contribution >= 0.6 is 0 Å². The van der Waals surface area contributed by atoms with Gasteiger partial charge in [-0.15, -0.1) is 0 Å². The van der Waals surface area contributed by atoms with E-state index in [0.29, 0.717) is 42.3 Å². The van der Waals surface area contributed by atoms with E-state index in [1.54, 1.807) is 0 Å². The van der Waals surface area contributed by atoms with Gasteiger partial charge in [0.2, 0.25) is 0 Å². The van der Waals surface area contributed by atoms with Gasteiger partial charge in [-0.3, -0.25) is 14.4 Å². The number of hydrogen-bond donors (Lipinski definition) is 0. The molecule has 4 rings (SSSR count). The lowest BCUT2D eigenvalue weighted by atomic mass is 9.43. The average Bonchev–Trinajstić information content (AvgIpc) is 3.20. The van der Waals surface area contributed by atoms with Crippen molar-refractivity contribution in [3.05, 3.63) is 11.6 Å². The van der Waals surface area contributed by atoms with Crippen molar-refractivity contribution in [2.45, 2.75) is 105 Å². The zero-order valence-corrected chi connectivity index (χ0v) is 22.7. The highest BCUT2D eigenvalue weighted by Gasteiger charge is 2.64. The lowest BCUT2D eigenvalue weighted by Crippen LogP contribution is -2.58. The second-order valence-electron chi connectivity index (χ2n) is 12.5. The number of hydrogen-bond acceptors (Lipinski definition) is 5. The van der Waals surface area contributed by atoms with Gasteiger partial charge in [-0.05, 0) is 104 Å². The van der Waals surface area contributed by atoms with Gasteiger partial charge in [-0.2, -0.15) is 0 Å². The molecule has 0 aromatic carbocycles. The monoisotopic (exact) mass is 486 g/mol. The topological polar surface area (TPSA) is 69.7 Å². The predicted octanol–water partition coefficient (Wildman–Crippen LogP) is 6.29. The Labute approximate surface area is 211 Å². The number of ketones is 1. The molecule has 0 spiro atoms. The van der Waals surface area contributed by atoms with Crippen molar-refractivity contribution in [3.8, 4) is 0 Å². The summed E-state index contributed by atoms with van der Waals surface area (Å²) < 4.78 is 10.6. The molecule has 0 saturated heterocycles. The van der Waals surface area contributed by atoms with Crippen LogP contribution in [-0.2, 0) is 23.9 Å². The predicted molar refractivity (Wildman–Crippen MR) is 135 cm³/mol. The third kappa shape index (κ3) is 4.39. The van der Waals surface area contributed by atoms with E-state index < -0.39 is 0 Å². The fourth-order valence-electron chi connectivity index (χ4n) is 9.18. The van der Waals surface area contributed by atoms with Crippen molar-refractivity contribution >= 4 is 17.7 Å². The Bertz CT molecular complexity index is 876. The molecular weight excluding hydrogens is 440 g/mol. The summed E-state index contributed by atoms with van der Waals surface area (Å²) in [6, 6.07) is 0. The molecule has 4 aliphatic carbocycles. The van der Waals surface area contributed by atoms with E-state index in [0.717, 1.165) is 50.5 Å². The van der Waals surface area contributed by atoms with Crippen molar-refractivity contribution in [2.24, 2.45) is 46.3 Å². The fraction of sp³-hybridized carbons (Fsp3) is 0.833. The summed E-state index contributed by atoms with van der Waals surface area (Å²) in [5, 5.41) is 0. The number of Topliss-reactive ketones (excluding diaryl/α,β-unsaturated/α-hetero) is 1. The summed E-state index contributed by atoms with van der Waals surface area (Å²) in [5.41, 5.74) is 1.24. The van der Waals surface area contributed by atoms with E-state index in [-0.39, 0.29) is 40.7 Å². The van der Waals surface area contributed by atoms with Gasteiger partial charge in [0.25, 0.3) is 0 Å². The van der Waals surface area contributed by atoms with Crippen molar-refractivity contribution in [1.29, 1.82) is 0 Å². The van der Waals surface area contributed by atoms with Crippen LogP contribution in [-0.4, -0.2) is 30.9 Å². The van der Waals surface area contributed by atoms with Crippen molar-refractivity contribution in [1.82, 2.24) is 0 Å². The first kappa shape index (κ1) is 26.4. The second kappa shape index (κ2) is 10.0. The maximum absolute atomic E-state index is 14.2. The standard InChI is InChI=1S/C30H46O5/c1-7-20-24-17-19(35-25(31)8-2)13-15-30(24,5)23-14-16-29(4)21(18(3)9-12-26(32)34-6)10-11-22(29)27(23)28(20)33/h7,18-19,21-24,27H,8-17H2,1-6H3/b20-7-/t18-,19-,21?,22?,23?,24?,27?,29-,30-/m1/s1. The van der Waals surface area contributed by atoms with Crippen LogP contribution in [0.25, 0.3) is 0 Å². The highest BCUT2D eigenvalue weighted by molar-refractivity contribution is 5.99. The van der Waals surface area contributed by atoms with E-state index in [2.05, 4.69) is 26.8 Å². The molecule has 4 saturated carbocycles. The molecule has 5 heteroatoms. The second-order valence-corrected chi connectivity index (χ2v) is 12.5. The van der Waals surface area contributed by atoms with Gasteiger partial charge >= 0.3 is 11.9 Å².